The van der Waals surface area contributed by atoms with Crippen LogP contribution in [0.2, 0.25) is 0 Å². The third-order valence-electron chi connectivity index (χ3n) is 5.88. The van der Waals surface area contributed by atoms with Gasteiger partial charge in [-0.2, -0.15) is 4.31 Å². The number of amides is 1. The van der Waals surface area contributed by atoms with E-state index in [1.165, 1.54) is 0 Å². The van der Waals surface area contributed by atoms with Crippen LogP contribution in [0, 0.1) is 0 Å². The average Bonchev–Trinajstić information content (AvgIpc) is 2.82. The molecule has 31 heavy (non-hydrogen) atoms. The van der Waals surface area contributed by atoms with Crippen molar-refractivity contribution >= 4 is 15.9 Å². The molecule has 0 radical (unpaired) electrons. The Labute approximate surface area is 186 Å². The summed E-state index contributed by atoms with van der Waals surface area (Å²) in [6.07, 6.45) is 2.92. The van der Waals surface area contributed by atoms with Crippen molar-refractivity contribution < 1.29 is 13.2 Å². The highest BCUT2D eigenvalue weighted by Crippen LogP contribution is 2.22. The van der Waals surface area contributed by atoms with Crippen molar-refractivity contribution in [3.63, 3.8) is 0 Å². The highest BCUT2D eigenvalue weighted by molar-refractivity contribution is 7.89. The fraction of sp³-hybridized carbons (Fsp3) is 0.458. The van der Waals surface area contributed by atoms with E-state index in [0.717, 1.165) is 43.5 Å². The second-order valence-electron chi connectivity index (χ2n) is 7.86. The third kappa shape index (κ3) is 5.73. The van der Waals surface area contributed by atoms with E-state index >= 15 is 0 Å². The van der Waals surface area contributed by atoms with Crippen molar-refractivity contribution in [2.45, 2.75) is 50.6 Å². The fourth-order valence-electron chi connectivity index (χ4n) is 4.07. The van der Waals surface area contributed by atoms with Gasteiger partial charge in [0.05, 0.1) is 4.90 Å². The molecule has 1 aliphatic heterocycles. The molecule has 0 saturated carbocycles. The van der Waals surface area contributed by atoms with Crippen LogP contribution in [0.25, 0.3) is 0 Å². The molecule has 1 amide bonds. The summed E-state index contributed by atoms with van der Waals surface area (Å²) in [4.78, 5) is 15.5. The summed E-state index contributed by atoms with van der Waals surface area (Å²) in [5.74, 6) is -0.0556. The highest BCUT2D eigenvalue weighted by Gasteiger charge is 2.27. The molecule has 2 aromatic rings. The van der Waals surface area contributed by atoms with E-state index in [9.17, 15) is 13.2 Å². The molecular formula is C24H33N3O3S. The molecule has 0 spiro atoms. The van der Waals surface area contributed by atoms with Crippen molar-refractivity contribution in [1.29, 1.82) is 0 Å². The van der Waals surface area contributed by atoms with Gasteiger partial charge in [0.2, 0.25) is 15.9 Å². The number of hydrogen-bond acceptors (Lipinski definition) is 4. The Balaban J connectivity index is 1.67. The first-order valence-electron chi connectivity index (χ1n) is 11.1. The zero-order valence-corrected chi connectivity index (χ0v) is 19.3. The van der Waals surface area contributed by atoms with Gasteiger partial charge in [-0.3, -0.25) is 9.69 Å². The first kappa shape index (κ1) is 23.4. The number of benzene rings is 2. The molecule has 1 aliphatic rings. The lowest BCUT2D eigenvalue weighted by molar-refractivity contribution is -0.126. The molecule has 168 valence electrons. The molecule has 3 rings (SSSR count). The van der Waals surface area contributed by atoms with Gasteiger partial charge >= 0.3 is 0 Å². The van der Waals surface area contributed by atoms with Crippen LogP contribution in [0.1, 0.15) is 50.3 Å². The van der Waals surface area contributed by atoms with Gasteiger partial charge in [-0.15, -0.1) is 0 Å². The van der Waals surface area contributed by atoms with Crippen molar-refractivity contribution in [2.24, 2.45) is 0 Å². The molecule has 1 N–H and O–H groups in total. The van der Waals surface area contributed by atoms with E-state index in [2.05, 4.69) is 10.2 Å². The minimum Gasteiger partial charge on any atom is -0.350 e. The molecule has 6 nitrogen and oxygen atoms in total. The second kappa shape index (κ2) is 10.9. The maximum atomic E-state index is 13.1. The first-order valence-corrected chi connectivity index (χ1v) is 12.6. The summed E-state index contributed by atoms with van der Waals surface area (Å²) >= 11 is 0. The molecule has 1 saturated heterocycles. The van der Waals surface area contributed by atoms with Crippen molar-refractivity contribution in [3.8, 4) is 0 Å². The van der Waals surface area contributed by atoms with Crippen LogP contribution in [0.4, 0.5) is 0 Å². The van der Waals surface area contributed by atoms with Gasteiger partial charge in [0.1, 0.15) is 6.04 Å². The standard InChI is InChI=1S/C24H33N3O3S/c1-3-26(4-2)23(21-11-7-5-8-12-21)24(28)25-19-20-13-15-22(16-14-20)31(29,30)27-17-9-6-10-18-27/h5,7-8,11-16,23H,3-4,6,9-10,17-19H2,1-2H3,(H,25,28). The third-order valence-corrected chi connectivity index (χ3v) is 7.80. The average molecular weight is 444 g/mol. The van der Waals surface area contributed by atoms with Gasteiger partial charge in [-0.05, 0) is 49.2 Å². The zero-order chi connectivity index (χ0) is 22.3. The predicted octanol–water partition coefficient (Wildman–Crippen LogP) is 3.56. The number of piperidine rings is 1. The zero-order valence-electron chi connectivity index (χ0n) is 18.5. The van der Waals surface area contributed by atoms with Gasteiger partial charge < -0.3 is 5.32 Å². The topological polar surface area (TPSA) is 69.7 Å². The van der Waals surface area contributed by atoms with Crippen molar-refractivity contribution in [1.82, 2.24) is 14.5 Å². The number of carbonyl (C=O) groups is 1. The van der Waals surface area contributed by atoms with Gasteiger partial charge in [-0.25, -0.2) is 8.42 Å². The van der Waals surface area contributed by atoms with E-state index in [-0.39, 0.29) is 11.9 Å². The summed E-state index contributed by atoms with van der Waals surface area (Å²) in [5.41, 5.74) is 1.84. The van der Waals surface area contributed by atoms with Crippen LogP contribution in [-0.4, -0.2) is 49.7 Å². The normalized spacial score (nSPS) is 16.2. The second-order valence-corrected chi connectivity index (χ2v) is 9.80. The molecular weight excluding hydrogens is 410 g/mol. The highest BCUT2D eigenvalue weighted by atomic mass is 32.2. The molecule has 0 bridgehead atoms. The maximum absolute atomic E-state index is 13.1. The summed E-state index contributed by atoms with van der Waals surface area (Å²) in [5, 5.41) is 3.03. The van der Waals surface area contributed by atoms with E-state index < -0.39 is 10.0 Å². The summed E-state index contributed by atoms with van der Waals surface area (Å²) in [6, 6.07) is 16.3. The lowest BCUT2D eigenvalue weighted by Crippen LogP contribution is -2.40. The van der Waals surface area contributed by atoms with Crippen LogP contribution in [-0.2, 0) is 21.4 Å². The Bertz CT molecular complexity index is 936. The molecule has 2 aromatic carbocycles. The Morgan fingerprint density at radius 2 is 1.58 bits per heavy atom. The Morgan fingerprint density at radius 3 is 2.16 bits per heavy atom. The van der Waals surface area contributed by atoms with Gasteiger partial charge in [0, 0.05) is 19.6 Å². The van der Waals surface area contributed by atoms with E-state index in [0.29, 0.717) is 24.5 Å². The monoisotopic (exact) mass is 443 g/mol. The predicted molar refractivity (Wildman–Crippen MR) is 123 cm³/mol. The minimum absolute atomic E-state index is 0.0556. The number of nitrogens with zero attached hydrogens (tertiary/aromatic N) is 2. The Morgan fingerprint density at radius 1 is 0.968 bits per heavy atom. The molecule has 7 heteroatoms. The van der Waals surface area contributed by atoms with E-state index in [1.54, 1.807) is 28.6 Å². The summed E-state index contributed by atoms with van der Waals surface area (Å²) in [6.45, 7) is 7.17. The van der Waals surface area contributed by atoms with Gasteiger partial charge in [-0.1, -0.05) is 62.7 Å². The van der Waals surface area contributed by atoms with Crippen LogP contribution in [0.5, 0.6) is 0 Å². The van der Waals surface area contributed by atoms with Gasteiger partial charge in [0.25, 0.3) is 0 Å². The number of likely N-dealkylation sites (N-methyl/N-ethyl adjacent to an activating group) is 1. The maximum Gasteiger partial charge on any atom is 0.243 e. The number of hydrogen-bond donors (Lipinski definition) is 1. The number of nitrogens with one attached hydrogen (secondary N) is 1. The molecule has 0 aromatic heterocycles. The quantitative estimate of drug-likeness (QED) is 0.643. The van der Waals surface area contributed by atoms with Crippen molar-refractivity contribution in [3.05, 3.63) is 65.7 Å². The van der Waals surface area contributed by atoms with Gasteiger partial charge in [0.15, 0.2) is 0 Å². The molecule has 1 heterocycles. The first-order chi connectivity index (χ1) is 15.0. The lowest BCUT2D eigenvalue weighted by atomic mass is 10.0. The lowest BCUT2D eigenvalue weighted by Gasteiger charge is -2.29. The summed E-state index contributed by atoms with van der Waals surface area (Å²) < 4.78 is 27.2. The molecule has 0 aliphatic carbocycles. The van der Waals surface area contributed by atoms with E-state index in [4.69, 9.17) is 0 Å². The minimum atomic E-state index is -3.44. The Hall–Kier alpha value is -2.22. The molecule has 1 fully saturated rings. The largest absolute Gasteiger partial charge is 0.350 e. The number of rotatable bonds is 9. The van der Waals surface area contributed by atoms with E-state index in [1.807, 2.05) is 44.2 Å². The van der Waals surface area contributed by atoms with Crippen LogP contribution in [0.15, 0.2) is 59.5 Å². The van der Waals surface area contributed by atoms with Crippen LogP contribution in [0.3, 0.4) is 0 Å². The number of carbonyl (C=O) groups excluding carboxylic acids is 1. The SMILES string of the molecule is CCN(CC)C(C(=O)NCc1ccc(S(=O)(=O)N2CCCCC2)cc1)c1ccccc1. The smallest absolute Gasteiger partial charge is 0.243 e. The number of sulfonamides is 1. The van der Waals surface area contributed by atoms with Crippen LogP contribution < -0.4 is 5.32 Å². The fourth-order valence-corrected chi connectivity index (χ4v) is 5.59. The molecule has 1 unspecified atom stereocenters. The van der Waals surface area contributed by atoms with Crippen LogP contribution >= 0.6 is 0 Å². The Kier molecular flexibility index (Phi) is 8.23. The molecule has 1 atom stereocenters. The van der Waals surface area contributed by atoms with Crippen molar-refractivity contribution in [2.75, 3.05) is 26.2 Å². The summed E-state index contributed by atoms with van der Waals surface area (Å²) in [7, 11) is -3.44.